The number of nitrogens with zero attached hydrogens (tertiary/aromatic N) is 1. The molecule has 0 aliphatic carbocycles. The van der Waals surface area contributed by atoms with Gasteiger partial charge in [0.05, 0.1) is 23.6 Å². The van der Waals surface area contributed by atoms with Crippen molar-refractivity contribution in [2.75, 3.05) is 19.8 Å². The molecule has 3 aromatic rings. The van der Waals surface area contributed by atoms with Crippen molar-refractivity contribution in [2.45, 2.75) is 33.6 Å². The summed E-state index contributed by atoms with van der Waals surface area (Å²) in [5.41, 5.74) is 3.33. The van der Waals surface area contributed by atoms with E-state index >= 15 is 0 Å². The summed E-state index contributed by atoms with van der Waals surface area (Å²) in [5.74, 6) is 1.05. The number of esters is 1. The number of benzene rings is 2. The molecule has 1 saturated heterocycles. The second kappa shape index (κ2) is 12.0. The monoisotopic (exact) mass is 519 g/mol. The standard InChI is InChI=1S/C29H29NO6S/c1-4-5-15-35-28(32)22-10-8-21(9-11-22)24-13-12-23(36-24)18-26-27(31)30(29(33)37-26)14-16-34-25-17-19(2)6-7-20(25)3/h6-13,17-18H,4-5,14-16H2,1-3H3/b26-18-. The van der Waals surface area contributed by atoms with Gasteiger partial charge >= 0.3 is 5.97 Å². The molecule has 1 aliphatic heterocycles. The zero-order valence-electron chi connectivity index (χ0n) is 21.1. The van der Waals surface area contributed by atoms with Crippen LogP contribution in [0.25, 0.3) is 17.4 Å². The van der Waals surface area contributed by atoms with E-state index in [2.05, 4.69) is 0 Å². The van der Waals surface area contributed by atoms with Gasteiger partial charge in [-0.05, 0) is 73.5 Å². The molecule has 2 aromatic carbocycles. The largest absolute Gasteiger partial charge is 0.491 e. The number of ether oxygens (including phenoxy) is 2. The maximum Gasteiger partial charge on any atom is 0.338 e. The van der Waals surface area contributed by atoms with Crippen LogP contribution in [0.4, 0.5) is 4.79 Å². The summed E-state index contributed by atoms with van der Waals surface area (Å²) in [5, 5.41) is -0.339. The summed E-state index contributed by atoms with van der Waals surface area (Å²) in [6.07, 6.45) is 3.36. The van der Waals surface area contributed by atoms with E-state index in [4.69, 9.17) is 13.9 Å². The van der Waals surface area contributed by atoms with Crippen molar-refractivity contribution in [2.24, 2.45) is 0 Å². The van der Waals surface area contributed by atoms with Crippen LogP contribution < -0.4 is 4.74 Å². The fourth-order valence-corrected chi connectivity index (χ4v) is 4.53. The summed E-state index contributed by atoms with van der Waals surface area (Å²) >= 11 is 0.878. The smallest absolute Gasteiger partial charge is 0.338 e. The number of hydrogen-bond acceptors (Lipinski definition) is 7. The average Bonchev–Trinajstić information content (AvgIpc) is 3.46. The Balaban J connectivity index is 1.36. The first-order valence-electron chi connectivity index (χ1n) is 12.2. The Morgan fingerprint density at radius 3 is 2.57 bits per heavy atom. The summed E-state index contributed by atoms with van der Waals surface area (Å²) in [6, 6.07) is 16.4. The van der Waals surface area contributed by atoms with E-state index in [1.54, 1.807) is 42.5 Å². The zero-order chi connectivity index (χ0) is 26.4. The van der Waals surface area contributed by atoms with Gasteiger partial charge in [0.2, 0.25) is 0 Å². The minimum Gasteiger partial charge on any atom is -0.491 e. The third kappa shape index (κ3) is 6.51. The number of amides is 2. The highest BCUT2D eigenvalue weighted by Crippen LogP contribution is 2.33. The van der Waals surface area contributed by atoms with Crippen LogP contribution in [0, 0.1) is 13.8 Å². The summed E-state index contributed by atoms with van der Waals surface area (Å²) < 4.78 is 16.9. The molecule has 2 amide bonds. The van der Waals surface area contributed by atoms with Crippen LogP contribution in [0.5, 0.6) is 5.75 Å². The number of furan rings is 1. The quantitative estimate of drug-likeness (QED) is 0.169. The first-order valence-corrected chi connectivity index (χ1v) is 13.0. The third-order valence-electron chi connectivity index (χ3n) is 5.83. The average molecular weight is 520 g/mol. The van der Waals surface area contributed by atoms with Crippen LogP contribution in [-0.4, -0.2) is 41.8 Å². The zero-order valence-corrected chi connectivity index (χ0v) is 21.9. The normalized spacial score (nSPS) is 14.5. The Bertz CT molecular complexity index is 1320. The predicted octanol–water partition coefficient (Wildman–Crippen LogP) is 6.64. The molecule has 7 nitrogen and oxygen atoms in total. The molecular weight excluding hydrogens is 490 g/mol. The number of unbranched alkanes of at least 4 members (excludes halogenated alkanes) is 1. The van der Waals surface area contributed by atoms with Gasteiger partial charge in [0.15, 0.2) is 0 Å². The number of carbonyl (C=O) groups is 3. The van der Waals surface area contributed by atoms with Crippen LogP contribution in [0.2, 0.25) is 0 Å². The van der Waals surface area contributed by atoms with Gasteiger partial charge in [-0.2, -0.15) is 0 Å². The van der Waals surface area contributed by atoms with Crippen molar-refractivity contribution in [3.63, 3.8) is 0 Å². The molecule has 0 unspecified atom stereocenters. The van der Waals surface area contributed by atoms with Crippen LogP contribution in [0.1, 0.15) is 47.0 Å². The molecule has 8 heteroatoms. The van der Waals surface area contributed by atoms with Gasteiger partial charge in [0, 0.05) is 11.6 Å². The molecule has 0 atom stereocenters. The van der Waals surface area contributed by atoms with Crippen molar-refractivity contribution >= 4 is 35.0 Å². The number of rotatable bonds is 10. The molecule has 0 saturated carbocycles. The van der Waals surface area contributed by atoms with Crippen molar-refractivity contribution in [1.82, 2.24) is 4.90 Å². The summed E-state index contributed by atoms with van der Waals surface area (Å²) in [4.78, 5) is 38.8. The van der Waals surface area contributed by atoms with Gasteiger partial charge in [-0.1, -0.05) is 37.6 Å². The first-order chi connectivity index (χ1) is 17.9. The predicted molar refractivity (Wildman–Crippen MR) is 143 cm³/mol. The number of imide groups is 1. The van der Waals surface area contributed by atoms with Gasteiger partial charge in [-0.3, -0.25) is 14.5 Å². The van der Waals surface area contributed by atoms with Gasteiger partial charge in [0.25, 0.3) is 11.1 Å². The lowest BCUT2D eigenvalue weighted by atomic mass is 10.1. The Labute approximate surface area is 220 Å². The summed E-state index contributed by atoms with van der Waals surface area (Å²) in [7, 11) is 0. The molecule has 37 heavy (non-hydrogen) atoms. The first kappa shape index (κ1) is 26.3. The van der Waals surface area contributed by atoms with Crippen molar-refractivity contribution in [1.29, 1.82) is 0 Å². The molecule has 0 radical (unpaired) electrons. The number of hydrogen-bond donors (Lipinski definition) is 0. The molecule has 1 aliphatic rings. The lowest BCUT2D eigenvalue weighted by molar-refractivity contribution is -0.123. The second-order valence-corrected chi connectivity index (χ2v) is 9.71. The Morgan fingerprint density at radius 1 is 1.03 bits per heavy atom. The van der Waals surface area contributed by atoms with Crippen LogP contribution in [0.15, 0.2) is 63.9 Å². The van der Waals surface area contributed by atoms with Crippen molar-refractivity contribution in [3.8, 4) is 17.1 Å². The Morgan fingerprint density at radius 2 is 1.81 bits per heavy atom. The second-order valence-electron chi connectivity index (χ2n) is 8.72. The molecule has 1 fully saturated rings. The summed E-state index contributed by atoms with van der Waals surface area (Å²) in [6.45, 7) is 6.74. The molecule has 0 N–H and O–H groups in total. The van der Waals surface area contributed by atoms with E-state index in [1.165, 1.54) is 4.90 Å². The Kier molecular flexibility index (Phi) is 8.50. The van der Waals surface area contributed by atoms with Gasteiger partial charge < -0.3 is 13.9 Å². The highest BCUT2D eigenvalue weighted by atomic mass is 32.2. The molecule has 0 spiro atoms. The molecule has 4 rings (SSSR count). The maximum atomic E-state index is 12.8. The van der Waals surface area contributed by atoms with Crippen LogP contribution in [-0.2, 0) is 9.53 Å². The fraction of sp³-hybridized carbons (Fsp3) is 0.276. The van der Waals surface area contributed by atoms with E-state index < -0.39 is 0 Å². The number of thioether (sulfide) groups is 1. The molecular formula is C29H29NO6S. The van der Waals surface area contributed by atoms with Gasteiger partial charge in [0.1, 0.15) is 23.9 Å². The highest BCUT2D eigenvalue weighted by Gasteiger charge is 2.35. The lowest BCUT2D eigenvalue weighted by Crippen LogP contribution is -2.32. The van der Waals surface area contributed by atoms with Gasteiger partial charge in [-0.15, -0.1) is 0 Å². The SMILES string of the molecule is CCCCOC(=O)c1ccc(-c2ccc(/C=C3\SC(=O)N(CCOc4cc(C)ccc4C)C3=O)o2)cc1. The third-order valence-corrected chi connectivity index (χ3v) is 6.73. The topological polar surface area (TPSA) is 86.0 Å². The van der Waals surface area contributed by atoms with Crippen molar-refractivity contribution < 1.29 is 28.3 Å². The molecule has 1 aromatic heterocycles. The minimum atomic E-state index is -0.372. The van der Waals surface area contributed by atoms with Crippen molar-refractivity contribution in [3.05, 3.63) is 82.0 Å². The van der Waals surface area contributed by atoms with Crippen LogP contribution >= 0.6 is 11.8 Å². The molecule has 192 valence electrons. The highest BCUT2D eigenvalue weighted by molar-refractivity contribution is 8.18. The van der Waals surface area contributed by atoms with E-state index in [9.17, 15) is 14.4 Å². The minimum absolute atomic E-state index is 0.159. The molecule has 2 heterocycles. The number of aryl methyl sites for hydroxylation is 2. The Hall–Kier alpha value is -3.78. The van der Waals surface area contributed by atoms with Crippen LogP contribution in [0.3, 0.4) is 0 Å². The fourth-order valence-electron chi connectivity index (χ4n) is 3.68. The molecule has 0 bridgehead atoms. The van der Waals surface area contributed by atoms with E-state index in [1.807, 2.05) is 39.0 Å². The van der Waals surface area contributed by atoms with E-state index in [0.29, 0.717) is 28.6 Å². The van der Waals surface area contributed by atoms with Gasteiger partial charge in [-0.25, -0.2) is 4.79 Å². The lowest BCUT2D eigenvalue weighted by Gasteiger charge is -2.14. The van der Waals surface area contributed by atoms with E-state index in [-0.39, 0.29) is 30.3 Å². The maximum absolute atomic E-state index is 12.8. The van der Waals surface area contributed by atoms with E-state index in [0.717, 1.165) is 47.0 Å². The number of carbonyl (C=O) groups excluding carboxylic acids is 3.